The molecule has 12 heavy (non-hydrogen) atoms. The molecule has 2 aliphatic rings. The smallest absolute Gasteiger partial charge is 0.0253 e. The summed E-state index contributed by atoms with van der Waals surface area (Å²) in [6, 6.07) is 2.39. The summed E-state index contributed by atoms with van der Waals surface area (Å²) in [6.07, 6.45) is 4.14. The fraction of sp³-hybridized carbons (Fsp3) is 1.00. The number of hydrogen-bond acceptors (Lipinski definition) is 2. The summed E-state index contributed by atoms with van der Waals surface area (Å²) in [5.74, 6) is 0. The summed E-state index contributed by atoms with van der Waals surface area (Å²) in [4.78, 5) is 2.66. The molecule has 2 heteroatoms. The molecule has 1 N–H and O–H groups in total. The highest BCUT2D eigenvalue weighted by Gasteiger charge is 2.36. The van der Waals surface area contributed by atoms with Gasteiger partial charge in [0, 0.05) is 24.7 Å². The van der Waals surface area contributed by atoms with E-state index in [0.29, 0.717) is 0 Å². The molecule has 0 spiro atoms. The number of piperidine rings is 1. The van der Waals surface area contributed by atoms with Gasteiger partial charge < -0.3 is 5.32 Å². The SMILES string of the molecule is CC(C)N1CC[C@H]2NCCC[C@H]21. The Morgan fingerprint density at radius 2 is 2.17 bits per heavy atom. The van der Waals surface area contributed by atoms with Crippen molar-refractivity contribution in [2.45, 2.75) is 51.2 Å². The number of nitrogens with one attached hydrogen (secondary N) is 1. The Balaban J connectivity index is 2.01. The third-order valence-corrected chi connectivity index (χ3v) is 3.34. The Bertz CT molecular complexity index is 156. The van der Waals surface area contributed by atoms with Gasteiger partial charge in [-0.25, -0.2) is 0 Å². The lowest BCUT2D eigenvalue weighted by Crippen LogP contribution is -2.48. The molecule has 2 rings (SSSR count). The first-order chi connectivity index (χ1) is 5.79. The van der Waals surface area contributed by atoms with Crippen molar-refractivity contribution < 1.29 is 0 Å². The highest BCUT2D eigenvalue weighted by Crippen LogP contribution is 2.26. The zero-order valence-corrected chi connectivity index (χ0v) is 8.21. The van der Waals surface area contributed by atoms with Gasteiger partial charge in [0.05, 0.1) is 0 Å². The average Bonchev–Trinajstić information content (AvgIpc) is 2.47. The minimum absolute atomic E-state index is 0.736. The first-order valence-corrected chi connectivity index (χ1v) is 5.28. The maximum Gasteiger partial charge on any atom is 0.0253 e. The molecule has 2 atom stereocenters. The lowest BCUT2D eigenvalue weighted by atomic mass is 9.99. The second-order valence-electron chi connectivity index (χ2n) is 4.39. The van der Waals surface area contributed by atoms with Crippen molar-refractivity contribution in [2.75, 3.05) is 13.1 Å². The summed E-state index contributed by atoms with van der Waals surface area (Å²) in [6.45, 7) is 7.18. The molecule has 0 aromatic heterocycles. The number of likely N-dealkylation sites (tertiary alicyclic amines) is 1. The van der Waals surface area contributed by atoms with E-state index in [1.807, 2.05) is 0 Å². The third-order valence-electron chi connectivity index (χ3n) is 3.34. The molecule has 0 aliphatic carbocycles. The van der Waals surface area contributed by atoms with E-state index in [-0.39, 0.29) is 0 Å². The zero-order chi connectivity index (χ0) is 8.55. The fourth-order valence-corrected chi connectivity index (χ4v) is 2.72. The Morgan fingerprint density at radius 3 is 2.92 bits per heavy atom. The van der Waals surface area contributed by atoms with Gasteiger partial charge in [0.2, 0.25) is 0 Å². The van der Waals surface area contributed by atoms with Crippen molar-refractivity contribution in [3.63, 3.8) is 0 Å². The van der Waals surface area contributed by atoms with Crippen molar-refractivity contribution in [1.82, 2.24) is 10.2 Å². The standard InChI is InChI=1S/C10H20N2/c1-8(2)12-7-5-9-10(12)4-3-6-11-9/h8-11H,3-7H2,1-2H3/t9-,10-/m1/s1. The van der Waals surface area contributed by atoms with E-state index in [2.05, 4.69) is 24.1 Å². The van der Waals surface area contributed by atoms with Gasteiger partial charge in [0.15, 0.2) is 0 Å². The molecule has 0 aromatic rings. The Labute approximate surface area is 75.3 Å². The van der Waals surface area contributed by atoms with Crippen LogP contribution in [-0.2, 0) is 0 Å². The lowest BCUT2D eigenvalue weighted by Gasteiger charge is -2.34. The molecule has 0 radical (unpaired) electrons. The lowest BCUT2D eigenvalue weighted by molar-refractivity contribution is 0.164. The third kappa shape index (κ3) is 1.38. The largest absolute Gasteiger partial charge is 0.312 e. The van der Waals surface area contributed by atoms with Crippen LogP contribution in [0.15, 0.2) is 0 Å². The average molecular weight is 168 g/mol. The monoisotopic (exact) mass is 168 g/mol. The van der Waals surface area contributed by atoms with Crippen LogP contribution in [0, 0.1) is 0 Å². The van der Waals surface area contributed by atoms with Crippen LogP contribution in [0.1, 0.15) is 33.1 Å². The van der Waals surface area contributed by atoms with Crippen molar-refractivity contribution in [3.8, 4) is 0 Å². The van der Waals surface area contributed by atoms with Crippen molar-refractivity contribution in [2.24, 2.45) is 0 Å². The number of rotatable bonds is 1. The van der Waals surface area contributed by atoms with Crippen LogP contribution in [0.4, 0.5) is 0 Å². The highest BCUT2D eigenvalue weighted by molar-refractivity contribution is 4.95. The van der Waals surface area contributed by atoms with Crippen molar-refractivity contribution in [1.29, 1.82) is 0 Å². The molecule has 2 fully saturated rings. The molecule has 0 aromatic carbocycles. The zero-order valence-electron chi connectivity index (χ0n) is 8.21. The molecule has 2 heterocycles. The summed E-state index contributed by atoms with van der Waals surface area (Å²) in [5, 5.41) is 3.62. The van der Waals surface area contributed by atoms with Crippen molar-refractivity contribution >= 4 is 0 Å². The molecule has 2 saturated heterocycles. The van der Waals surface area contributed by atoms with Gasteiger partial charge in [-0.3, -0.25) is 4.90 Å². The molecule has 0 unspecified atom stereocenters. The van der Waals surface area contributed by atoms with Crippen LogP contribution in [0.5, 0.6) is 0 Å². The Kier molecular flexibility index (Phi) is 2.37. The maximum atomic E-state index is 3.62. The number of nitrogens with zero attached hydrogens (tertiary/aromatic N) is 1. The van der Waals surface area contributed by atoms with Gasteiger partial charge >= 0.3 is 0 Å². The molecule has 2 nitrogen and oxygen atoms in total. The predicted octanol–water partition coefficient (Wildman–Crippen LogP) is 1.22. The number of hydrogen-bond donors (Lipinski definition) is 1. The van der Waals surface area contributed by atoms with Crippen LogP contribution < -0.4 is 5.32 Å². The van der Waals surface area contributed by atoms with E-state index in [4.69, 9.17) is 0 Å². The summed E-state index contributed by atoms with van der Waals surface area (Å²) in [5.41, 5.74) is 0. The van der Waals surface area contributed by atoms with Crippen LogP contribution in [0.2, 0.25) is 0 Å². The summed E-state index contributed by atoms with van der Waals surface area (Å²) >= 11 is 0. The minimum atomic E-state index is 0.736. The molecule has 0 saturated carbocycles. The first kappa shape index (κ1) is 8.52. The molecular weight excluding hydrogens is 148 g/mol. The molecule has 70 valence electrons. The Morgan fingerprint density at radius 1 is 1.33 bits per heavy atom. The van der Waals surface area contributed by atoms with Gasteiger partial charge in [0.25, 0.3) is 0 Å². The molecule has 0 bridgehead atoms. The summed E-state index contributed by atoms with van der Waals surface area (Å²) in [7, 11) is 0. The van der Waals surface area contributed by atoms with E-state index in [0.717, 1.165) is 18.1 Å². The quantitative estimate of drug-likeness (QED) is 0.633. The number of fused-ring (bicyclic) bond motifs is 1. The minimum Gasteiger partial charge on any atom is -0.312 e. The van der Waals surface area contributed by atoms with E-state index in [1.165, 1.54) is 32.4 Å². The topological polar surface area (TPSA) is 15.3 Å². The molecule has 2 aliphatic heterocycles. The summed E-state index contributed by atoms with van der Waals surface area (Å²) < 4.78 is 0. The normalized spacial score (nSPS) is 37.2. The van der Waals surface area contributed by atoms with Gasteiger partial charge in [-0.2, -0.15) is 0 Å². The van der Waals surface area contributed by atoms with E-state index in [1.54, 1.807) is 0 Å². The van der Waals surface area contributed by atoms with E-state index >= 15 is 0 Å². The van der Waals surface area contributed by atoms with Crippen LogP contribution in [-0.4, -0.2) is 36.1 Å². The van der Waals surface area contributed by atoms with E-state index in [9.17, 15) is 0 Å². The van der Waals surface area contributed by atoms with Crippen LogP contribution >= 0.6 is 0 Å². The molecular formula is C10H20N2. The first-order valence-electron chi connectivity index (χ1n) is 5.28. The Hall–Kier alpha value is -0.0800. The van der Waals surface area contributed by atoms with Gasteiger partial charge in [0.1, 0.15) is 0 Å². The van der Waals surface area contributed by atoms with Crippen LogP contribution in [0.3, 0.4) is 0 Å². The maximum absolute atomic E-state index is 3.62. The highest BCUT2D eigenvalue weighted by atomic mass is 15.2. The van der Waals surface area contributed by atoms with Gasteiger partial charge in [-0.05, 0) is 39.7 Å². The molecule has 0 amide bonds. The van der Waals surface area contributed by atoms with Crippen LogP contribution in [0.25, 0.3) is 0 Å². The predicted molar refractivity (Wildman–Crippen MR) is 51.3 cm³/mol. The van der Waals surface area contributed by atoms with Gasteiger partial charge in [-0.15, -0.1) is 0 Å². The van der Waals surface area contributed by atoms with Gasteiger partial charge in [-0.1, -0.05) is 0 Å². The second kappa shape index (κ2) is 3.35. The fourth-order valence-electron chi connectivity index (χ4n) is 2.72. The van der Waals surface area contributed by atoms with E-state index < -0.39 is 0 Å². The van der Waals surface area contributed by atoms with Crippen molar-refractivity contribution in [3.05, 3.63) is 0 Å². The second-order valence-corrected chi connectivity index (χ2v) is 4.39.